The van der Waals surface area contributed by atoms with E-state index in [0.717, 1.165) is 0 Å². The first-order valence-corrected chi connectivity index (χ1v) is 2.46. The predicted octanol–water partition coefficient (Wildman–Crippen LogP) is 0.490. The normalized spacial score (nSPS) is 10.9. The quantitative estimate of drug-likeness (QED) is 0.329. The molecule has 0 aromatic rings. The standard InChI is InChI=1S/C6H9NO2/c1-2-3-5(4-8)6(7)9/h2,4,8H,1,3H2,(H2,7,9). The molecule has 0 aliphatic carbocycles. The van der Waals surface area contributed by atoms with E-state index in [1.807, 2.05) is 0 Å². The number of hydrogen-bond donors (Lipinski definition) is 2. The zero-order valence-corrected chi connectivity index (χ0v) is 5.00. The Morgan fingerprint density at radius 2 is 2.33 bits per heavy atom. The van der Waals surface area contributed by atoms with Gasteiger partial charge in [0.25, 0.3) is 0 Å². The van der Waals surface area contributed by atoms with Crippen molar-refractivity contribution in [2.24, 2.45) is 5.73 Å². The van der Waals surface area contributed by atoms with Gasteiger partial charge in [-0.3, -0.25) is 4.79 Å². The number of primary amides is 1. The number of carbonyl (C=O) groups is 1. The van der Waals surface area contributed by atoms with Crippen LogP contribution in [0.1, 0.15) is 6.42 Å². The second kappa shape index (κ2) is 3.72. The van der Waals surface area contributed by atoms with E-state index in [1.165, 1.54) is 6.08 Å². The minimum absolute atomic E-state index is 0.171. The van der Waals surface area contributed by atoms with Gasteiger partial charge in [-0.25, -0.2) is 0 Å². The third-order valence-electron chi connectivity index (χ3n) is 0.837. The van der Waals surface area contributed by atoms with Crippen LogP contribution in [0.3, 0.4) is 0 Å². The molecule has 0 rings (SSSR count). The summed E-state index contributed by atoms with van der Waals surface area (Å²) in [6.45, 7) is 3.37. The van der Waals surface area contributed by atoms with Gasteiger partial charge in [-0.15, -0.1) is 6.58 Å². The number of rotatable bonds is 3. The third-order valence-corrected chi connectivity index (χ3v) is 0.837. The monoisotopic (exact) mass is 127 g/mol. The summed E-state index contributed by atoms with van der Waals surface area (Å²) in [6.07, 6.45) is 2.50. The third kappa shape index (κ3) is 2.54. The summed E-state index contributed by atoms with van der Waals surface area (Å²) >= 11 is 0. The lowest BCUT2D eigenvalue weighted by molar-refractivity contribution is -0.114. The molecule has 0 aliphatic heterocycles. The highest BCUT2D eigenvalue weighted by molar-refractivity contribution is 5.91. The fraction of sp³-hybridized carbons (Fsp3) is 0.167. The summed E-state index contributed by atoms with van der Waals surface area (Å²) in [5.74, 6) is -0.614. The van der Waals surface area contributed by atoms with E-state index in [2.05, 4.69) is 6.58 Å². The molecule has 0 bridgehead atoms. The lowest BCUT2D eigenvalue weighted by atomic mass is 10.2. The maximum atomic E-state index is 10.3. The lowest BCUT2D eigenvalue weighted by Gasteiger charge is -1.92. The molecular formula is C6H9NO2. The Balaban J connectivity index is 4.00. The first-order valence-electron chi connectivity index (χ1n) is 2.46. The Hall–Kier alpha value is -1.25. The number of nitrogens with two attached hydrogens (primary N) is 1. The predicted molar refractivity (Wildman–Crippen MR) is 34.7 cm³/mol. The molecule has 9 heavy (non-hydrogen) atoms. The molecule has 3 N–H and O–H groups in total. The molecule has 0 heterocycles. The van der Waals surface area contributed by atoms with Crippen LogP contribution in [0.4, 0.5) is 0 Å². The van der Waals surface area contributed by atoms with Crippen molar-refractivity contribution in [1.29, 1.82) is 0 Å². The number of hydrogen-bond acceptors (Lipinski definition) is 2. The Morgan fingerprint density at radius 3 is 2.44 bits per heavy atom. The van der Waals surface area contributed by atoms with Crippen molar-refractivity contribution >= 4 is 5.91 Å². The van der Waals surface area contributed by atoms with E-state index < -0.39 is 5.91 Å². The average molecular weight is 127 g/mol. The summed E-state index contributed by atoms with van der Waals surface area (Å²) in [4.78, 5) is 10.3. The molecule has 0 aromatic carbocycles. The van der Waals surface area contributed by atoms with Crippen molar-refractivity contribution in [3.05, 3.63) is 24.5 Å². The van der Waals surface area contributed by atoms with Crippen molar-refractivity contribution in [3.8, 4) is 0 Å². The van der Waals surface area contributed by atoms with E-state index in [4.69, 9.17) is 10.8 Å². The van der Waals surface area contributed by atoms with Gasteiger partial charge in [-0.05, 0) is 6.42 Å². The van der Waals surface area contributed by atoms with E-state index in [9.17, 15) is 4.79 Å². The highest BCUT2D eigenvalue weighted by Crippen LogP contribution is 1.97. The molecule has 0 atom stereocenters. The van der Waals surface area contributed by atoms with Gasteiger partial charge in [0.1, 0.15) is 0 Å². The summed E-state index contributed by atoms with van der Waals surface area (Å²) in [7, 11) is 0. The molecule has 0 spiro atoms. The number of amides is 1. The highest BCUT2D eigenvalue weighted by Gasteiger charge is 1.99. The van der Waals surface area contributed by atoms with Gasteiger partial charge in [0.2, 0.25) is 5.91 Å². The Kier molecular flexibility index (Phi) is 3.20. The van der Waals surface area contributed by atoms with Gasteiger partial charge in [0, 0.05) is 0 Å². The van der Waals surface area contributed by atoms with Crippen molar-refractivity contribution in [3.63, 3.8) is 0 Å². The minimum atomic E-state index is -0.614. The summed E-state index contributed by atoms with van der Waals surface area (Å²) in [5, 5.41) is 8.32. The van der Waals surface area contributed by atoms with Crippen LogP contribution in [0, 0.1) is 0 Å². The molecule has 0 aliphatic rings. The van der Waals surface area contributed by atoms with Crippen LogP contribution in [0.5, 0.6) is 0 Å². The Bertz CT molecular complexity index is 149. The Morgan fingerprint density at radius 1 is 1.78 bits per heavy atom. The smallest absolute Gasteiger partial charge is 0.248 e. The number of aliphatic hydroxyl groups is 1. The van der Waals surface area contributed by atoms with Gasteiger partial charge in [0.05, 0.1) is 11.8 Å². The van der Waals surface area contributed by atoms with Gasteiger partial charge >= 0.3 is 0 Å². The van der Waals surface area contributed by atoms with Crippen LogP contribution < -0.4 is 5.73 Å². The van der Waals surface area contributed by atoms with E-state index in [1.54, 1.807) is 0 Å². The van der Waals surface area contributed by atoms with Crippen LogP contribution >= 0.6 is 0 Å². The molecule has 0 saturated carbocycles. The molecule has 1 amide bonds. The Labute approximate surface area is 53.5 Å². The second-order valence-corrected chi connectivity index (χ2v) is 1.51. The van der Waals surface area contributed by atoms with Gasteiger partial charge in [0.15, 0.2) is 0 Å². The van der Waals surface area contributed by atoms with Crippen molar-refractivity contribution < 1.29 is 9.90 Å². The molecule has 3 nitrogen and oxygen atoms in total. The summed E-state index contributed by atoms with van der Waals surface area (Å²) < 4.78 is 0. The largest absolute Gasteiger partial charge is 0.515 e. The first-order chi connectivity index (χ1) is 4.22. The van der Waals surface area contributed by atoms with Crippen LogP contribution in [0.2, 0.25) is 0 Å². The maximum absolute atomic E-state index is 10.3. The zero-order valence-electron chi connectivity index (χ0n) is 5.00. The first kappa shape index (κ1) is 7.75. The fourth-order valence-electron chi connectivity index (χ4n) is 0.372. The van der Waals surface area contributed by atoms with E-state index in [0.29, 0.717) is 12.7 Å². The fourth-order valence-corrected chi connectivity index (χ4v) is 0.372. The van der Waals surface area contributed by atoms with Gasteiger partial charge in [-0.1, -0.05) is 6.08 Å². The molecule has 0 saturated heterocycles. The molecule has 3 heteroatoms. The SMILES string of the molecule is C=CCC(=CO)C(N)=O. The lowest BCUT2D eigenvalue weighted by Crippen LogP contribution is -2.13. The van der Waals surface area contributed by atoms with E-state index in [-0.39, 0.29) is 5.57 Å². The topological polar surface area (TPSA) is 63.3 Å². The number of carbonyl (C=O) groups excluding carboxylic acids is 1. The molecule has 0 radical (unpaired) electrons. The molecular weight excluding hydrogens is 118 g/mol. The summed E-state index contributed by atoms with van der Waals surface area (Å²) in [6, 6.07) is 0. The second-order valence-electron chi connectivity index (χ2n) is 1.51. The highest BCUT2D eigenvalue weighted by atomic mass is 16.2. The van der Waals surface area contributed by atoms with Crippen molar-refractivity contribution in [2.45, 2.75) is 6.42 Å². The maximum Gasteiger partial charge on any atom is 0.248 e. The van der Waals surface area contributed by atoms with Crippen molar-refractivity contribution in [1.82, 2.24) is 0 Å². The van der Waals surface area contributed by atoms with Gasteiger partial charge < -0.3 is 10.8 Å². The van der Waals surface area contributed by atoms with E-state index >= 15 is 0 Å². The van der Waals surface area contributed by atoms with Crippen molar-refractivity contribution in [2.75, 3.05) is 0 Å². The number of allylic oxidation sites excluding steroid dienone is 1. The molecule has 0 aromatic heterocycles. The van der Waals surface area contributed by atoms with Crippen LogP contribution in [0.25, 0.3) is 0 Å². The van der Waals surface area contributed by atoms with Crippen LogP contribution in [-0.4, -0.2) is 11.0 Å². The molecule has 0 fully saturated rings. The van der Waals surface area contributed by atoms with Crippen LogP contribution in [-0.2, 0) is 4.79 Å². The molecule has 50 valence electrons. The van der Waals surface area contributed by atoms with Crippen LogP contribution in [0.15, 0.2) is 24.5 Å². The number of aliphatic hydroxyl groups excluding tert-OH is 1. The molecule has 0 unspecified atom stereocenters. The average Bonchev–Trinajstić information content (AvgIpc) is 1.82. The zero-order chi connectivity index (χ0) is 7.28. The van der Waals surface area contributed by atoms with Gasteiger partial charge in [-0.2, -0.15) is 0 Å². The summed E-state index contributed by atoms with van der Waals surface area (Å²) in [5.41, 5.74) is 4.99. The minimum Gasteiger partial charge on any atom is -0.515 e.